The van der Waals surface area contributed by atoms with Gasteiger partial charge in [-0.1, -0.05) is 30.3 Å². The Bertz CT molecular complexity index is 950. The highest BCUT2D eigenvalue weighted by Gasteiger charge is 2.17. The molecule has 0 atom stereocenters. The molecule has 2 N–H and O–H groups in total. The largest absolute Gasteiger partial charge is 0.478 e. The Morgan fingerprint density at radius 2 is 1.15 bits per heavy atom. The first-order valence-corrected chi connectivity index (χ1v) is 7.65. The minimum Gasteiger partial charge on any atom is -0.478 e. The summed E-state index contributed by atoms with van der Waals surface area (Å²) in [6.07, 6.45) is 0. The van der Waals surface area contributed by atoms with E-state index in [1.807, 2.05) is 18.2 Å². The molecule has 6 nitrogen and oxygen atoms in total. The molecule has 0 saturated heterocycles. The van der Waals surface area contributed by atoms with Crippen LogP contribution < -0.4 is 9.47 Å². The Balaban J connectivity index is 1.91. The third-order valence-corrected chi connectivity index (χ3v) is 3.50. The van der Waals surface area contributed by atoms with Crippen molar-refractivity contribution in [3.8, 4) is 23.0 Å². The van der Waals surface area contributed by atoms with E-state index in [0.29, 0.717) is 17.2 Å². The smallest absolute Gasteiger partial charge is 0.336 e. The maximum absolute atomic E-state index is 11.3. The van der Waals surface area contributed by atoms with Crippen molar-refractivity contribution in [2.75, 3.05) is 0 Å². The predicted octanol–water partition coefficient (Wildman–Crippen LogP) is 4.67. The number of rotatable bonds is 6. The standard InChI is InChI=1S/C20H14O6/c21-19(22)15-11-10-14(12-16(15)20(23)24)26-18-9-5-4-8-17(18)25-13-6-2-1-3-7-13/h1-12H,(H,21,22)(H,23,24). The molecule has 0 aromatic heterocycles. The van der Waals surface area contributed by atoms with Crippen LogP contribution in [0.15, 0.2) is 72.8 Å². The van der Waals surface area contributed by atoms with Gasteiger partial charge in [-0.3, -0.25) is 0 Å². The zero-order valence-corrected chi connectivity index (χ0v) is 13.5. The number of aromatic carboxylic acids is 2. The number of carboxylic acid groups (broad SMARTS) is 2. The van der Waals surface area contributed by atoms with Gasteiger partial charge in [0.05, 0.1) is 11.1 Å². The zero-order chi connectivity index (χ0) is 18.5. The summed E-state index contributed by atoms with van der Waals surface area (Å²) >= 11 is 0. The summed E-state index contributed by atoms with van der Waals surface area (Å²) in [6.45, 7) is 0. The summed E-state index contributed by atoms with van der Waals surface area (Å²) in [6, 6.07) is 19.8. The van der Waals surface area contributed by atoms with Gasteiger partial charge < -0.3 is 19.7 Å². The average Bonchev–Trinajstić information content (AvgIpc) is 2.64. The maximum Gasteiger partial charge on any atom is 0.336 e. The van der Waals surface area contributed by atoms with Gasteiger partial charge in [-0.15, -0.1) is 0 Å². The van der Waals surface area contributed by atoms with E-state index < -0.39 is 11.9 Å². The minimum absolute atomic E-state index is 0.191. The monoisotopic (exact) mass is 350 g/mol. The summed E-state index contributed by atoms with van der Waals surface area (Å²) in [5, 5.41) is 18.3. The normalized spacial score (nSPS) is 10.2. The van der Waals surface area contributed by atoms with Crippen molar-refractivity contribution in [2.45, 2.75) is 0 Å². The van der Waals surface area contributed by atoms with Crippen molar-refractivity contribution in [3.63, 3.8) is 0 Å². The maximum atomic E-state index is 11.3. The van der Waals surface area contributed by atoms with Crippen LogP contribution in [0.3, 0.4) is 0 Å². The first-order valence-electron chi connectivity index (χ1n) is 7.65. The minimum atomic E-state index is -1.35. The lowest BCUT2D eigenvalue weighted by atomic mass is 10.1. The van der Waals surface area contributed by atoms with Crippen LogP contribution in [0.2, 0.25) is 0 Å². The van der Waals surface area contributed by atoms with E-state index >= 15 is 0 Å². The van der Waals surface area contributed by atoms with Gasteiger partial charge in [0.2, 0.25) is 0 Å². The molecule has 3 aromatic carbocycles. The van der Waals surface area contributed by atoms with Crippen molar-refractivity contribution in [1.29, 1.82) is 0 Å². The van der Waals surface area contributed by atoms with Gasteiger partial charge in [0.25, 0.3) is 0 Å². The van der Waals surface area contributed by atoms with Gasteiger partial charge in [0, 0.05) is 0 Å². The Hall–Kier alpha value is -3.80. The van der Waals surface area contributed by atoms with Gasteiger partial charge in [0.1, 0.15) is 11.5 Å². The van der Waals surface area contributed by atoms with Crippen LogP contribution in [0.25, 0.3) is 0 Å². The molecule has 0 aliphatic carbocycles. The number of ether oxygens (including phenoxy) is 2. The lowest BCUT2D eigenvalue weighted by Gasteiger charge is -2.13. The third kappa shape index (κ3) is 3.81. The molecule has 0 heterocycles. The second-order valence-corrected chi connectivity index (χ2v) is 5.28. The fourth-order valence-electron chi connectivity index (χ4n) is 2.31. The van der Waals surface area contributed by atoms with Gasteiger partial charge in [0.15, 0.2) is 11.5 Å². The molecular weight excluding hydrogens is 336 g/mol. The van der Waals surface area contributed by atoms with Crippen LogP contribution in [0.1, 0.15) is 20.7 Å². The van der Waals surface area contributed by atoms with Gasteiger partial charge in [-0.2, -0.15) is 0 Å². The molecule has 0 unspecified atom stereocenters. The summed E-state index contributed by atoms with van der Waals surface area (Å²) < 4.78 is 11.5. The molecule has 130 valence electrons. The van der Waals surface area contributed by atoms with Crippen molar-refractivity contribution < 1.29 is 29.3 Å². The second kappa shape index (κ2) is 7.40. The van der Waals surface area contributed by atoms with E-state index in [9.17, 15) is 14.7 Å². The summed E-state index contributed by atoms with van der Waals surface area (Å²) in [5.74, 6) is -1.04. The average molecular weight is 350 g/mol. The SMILES string of the molecule is O=C(O)c1ccc(Oc2ccccc2Oc2ccccc2)cc1C(=O)O. The molecule has 0 radical (unpaired) electrons. The highest BCUT2D eigenvalue weighted by atomic mass is 16.5. The number of carboxylic acids is 2. The van der Waals surface area contributed by atoms with Crippen molar-refractivity contribution >= 4 is 11.9 Å². The van der Waals surface area contributed by atoms with E-state index in [-0.39, 0.29) is 16.9 Å². The first-order chi connectivity index (χ1) is 12.5. The second-order valence-electron chi connectivity index (χ2n) is 5.28. The van der Waals surface area contributed by atoms with Crippen molar-refractivity contribution in [1.82, 2.24) is 0 Å². The van der Waals surface area contributed by atoms with Gasteiger partial charge in [-0.25, -0.2) is 9.59 Å². The molecule has 0 aliphatic rings. The van der Waals surface area contributed by atoms with Crippen LogP contribution in [-0.4, -0.2) is 22.2 Å². The van der Waals surface area contributed by atoms with Crippen LogP contribution in [0, 0.1) is 0 Å². The van der Waals surface area contributed by atoms with Gasteiger partial charge in [-0.05, 0) is 42.5 Å². The summed E-state index contributed by atoms with van der Waals surface area (Å²) in [4.78, 5) is 22.4. The van der Waals surface area contributed by atoms with Crippen LogP contribution in [0.4, 0.5) is 0 Å². The molecule has 26 heavy (non-hydrogen) atoms. The lowest BCUT2D eigenvalue weighted by molar-refractivity contribution is 0.0651. The highest BCUT2D eigenvalue weighted by Crippen LogP contribution is 2.35. The molecule has 0 saturated carbocycles. The van der Waals surface area contributed by atoms with Crippen molar-refractivity contribution in [2.24, 2.45) is 0 Å². The fraction of sp³-hybridized carbons (Fsp3) is 0. The Morgan fingerprint density at radius 1 is 0.615 bits per heavy atom. The van der Waals surface area contributed by atoms with E-state index in [2.05, 4.69) is 0 Å². The quantitative estimate of drug-likeness (QED) is 0.671. The van der Waals surface area contributed by atoms with Crippen molar-refractivity contribution in [3.05, 3.63) is 83.9 Å². The van der Waals surface area contributed by atoms with E-state index in [4.69, 9.17) is 14.6 Å². The molecule has 0 bridgehead atoms. The predicted molar refractivity (Wildman–Crippen MR) is 93.4 cm³/mol. The third-order valence-electron chi connectivity index (χ3n) is 3.50. The number of carbonyl (C=O) groups is 2. The van der Waals surface area contributed by atoms with Gasteiger partial charge >= 0.3 is 11.9 Å². The number of hydrogen-bond acceptors (Lipinski definition) is 4. The molecule has 3 rings (SSSR count). The Morgan fingerprint density at radius 3 is 1.73 bits per heavy atom. The molecule has 6 heteroatoms. The molecule has 0 spiro atoms. The Labute approximate surface area is 148 Å². The fourth-order valence-corrected chi connectivity index (χ4v) is 2.31. The molecule has 3 aromatic rings. The molecule has 0 fully saturated rings. The molecule has 0 aliphatic heterocycles. The first kappa shape index (κ1) is 17.0. The summed E-state index contributed by atoms with van der Waals surface area (Å²) in [5.41, 5.74) is -0.657. The number of para-hydroxylation sites is 3. The topological polar surface area (TPSA) is 93.1 Å². The Kier molecular flexibility index (Phi) is 4.85. The van der Waals surface area contributed by atoms with Crippen LogP contribution >= 0.6 is 0 Å². The summed E-state index contributed by atoms with van der Waals surface area (Å²) in [7, 11) is 0. The molecular formula is C20H14O6. The lowest BCUT2D eigenvalue weighted by Crippen LogP contribution is -2.08. The highest BCUT2D eigenvalue weighted by molar-refractivity contribution is 6.02. The van der Waals surface area contributed by atoms with E-state index in [0.717, 1.165) is 0 Å². The van der Waals surface area contributed by atoms with E-state index in [1.54, 1.807) is 36.4 Å². The number of benzene rings is 3. The number of hydrogen-bond donors (Lipinski definition) is 2. The van der Waals surface area contributed by atoms with Crippen LogP contribution in [-0.2, 0) is 0 Å². The molecule has 0 amide bonds. The van der Waals surface area contributed by atoms with E-state index in [1.165, 1.54) is 18.2 Å². The van der Waals surface area contributed by atoms with Crippen LogP contribution in [0.5, 0.6) is 23.0 Å². The zero-order valence-electron chi connectivity index (χ0n) is 13.5.